The molecule has 1 aromatic heterocycles. The van der Waals surface area contributed by atoms with Gasteiger partial charge in [-0.3, -0.25) is 4.79 Å². The fourth-order valence-electron chi connectivity index (χ4n) is 2.89. The van der Waals surface area contributed by atoms with E-state index in [9.17, 15) is 22.8 Å². The van der Waals surface area contributed by atoms with Crippen molar-refractivity contribution in [3.8, 4) is 5.75 Å². The molecule has 172 valence electrons. The minimum atomic E-state index is -4.50. The van der Waals surface area contributed by atoms with Crippen LogP contribution in [-0.4, -0.2) is 32.5 Å². The first-order valence-corrected chi connectivity index (χ1v) is 10.0. The van der Waals surface area contributed by atoms with E-state index in [1.807, 2.05) is 0 Å². The Bertz CT molecular complexity index is 1190. The highest BCUT2D eigenvalue weighted by Crippen LogP contribution is 2.29. The third kappa shape index (κ3) is 6.01. The van der Waals surface area contributed by atoms with Gasteiger partial charge in [0, 0.05) is 12.1 Å². The summed E-state index contributed by atoms with van der Waals surface area (Å²) < 4.78 is 45.0. The molecule has 0 bridgehead atoms. The van der Waals surface area contributed by atoms with Crippen LogP contribution in [0.15, 0.2) is 60.8 Å². The lowest BCUT2D eigenvalue weighted by atomic mass is 10.1. The van der Waals surface area contributed by atoms with Crippen molar-refractivity contribution in [3.63, 3.8) is 0 Å². The Morgan fingerprint density at radius 3 is 2.55 bits per heavy atom. The highest BCUT2D eigenvalue weighted by atomic mass is 35.5. The summed E-state index contributed by atoms with van der Waals surface area (Å²) in [6.07, 6.45) is -0.790. The van der Waals surface area contributed by atoms with Crippen molar-refractivity contribution < 1.29 is 32.6 Å². The molecule has 3 rings (SSSR count). The SMILES string of the molecule is C[C@H](Oc1cccc(/C=C/Cn2c(Cl)cnc2C(=O)c2ccc(C(F)(F)F)cc2)c1)C(=O)O. The smallest absolute Gasteiger partial charge is 0.416 e. The topological polar surface area (TPSA) is 81.4 Å². The van der Waals surface area contributed by atoms with Crippen molar-refractivity contribution in [2.75, 3.05) is 0 Å². The molecule has 1 heterocycles. The predicted octanol–water partition coefficient (Wildman–Crippen LogP) is 5.35. The summed E-state index contributed by atoms with van der Waals surface area (Å²) in [7, 11) is 0. The molecule has 0 radical (unpaired) electrons. The highest BCUT2D eigenvalue weighted by Gasteiger charge is 2.30. The van der Waals surface area contributed by atoms with Crippen molar-refractivity contribution in [1.82, 2.24) is 9.55 Å². The van der Waals surface area contributed by atoms with Gasteiger partial charge in [0.25, 0.3) is 0 Å². The van der Waals surface area contributed by atoms with E-state index in [1.165, 1.54) is 17.7 Å². The molecule has 0 unspecified atom stereocenters. The van der Waals surface area contributed by atoms with Crippen LogP contribution in [0.1, 0.15) is 34.2 Å². The van der Waals surface area contributed by atoms with Crippen LogP contribution in [-0.2, 0) is 17.5 Å². The fourth-order valence-corrected chi connectivity index (χ4v) is 3.09. The minimum Gasteiger partial charge on any atom is -0.479 e. The zero-order valence-electron chi connectivity index (χ0n) is 17.2. The number of carboxylic acid groups (broad SMARTS) is 1. The highest BCUT2D eigenvalue weighted by molar-refractivity contribution is 6.30. The number of alkyl halides is 3. The lowest BCUT2D eigenvalue weighted by Gasteiger charge is -2.10. The molecule has 0 saturated carbocycles. The number of halogens is 4. The molecule has 0 saturated heterocycles. The minimum absolute atomic E-state index is 0.0169. The van der Waals surface area contributed by atoms with E-state index >= 15 is 0 Å². The first kappa shape index (κ1) is 24.1. The first-order valence-electron chi connectivity index (χ1n) is 9.65. The maximum atomic E-state index is 12.8. The van der Waals surface area contributed by atoms with Crippen LogP contribution in [0.5, 0.6) is 5.75 Å². The summed E-state index contributed by atoms with van der Waals surface area (Å²) in [5, 5.41) is 9.13. The van der Waals surface area contributed by atoms with E-state index < -0.39 is 29.6 Å². The molecule has 6 nitrogen and oxygen atoms in total. The summed E-state index contributed by atoms with van der Waals surface area (Å²) >= 11 is 6.15. The Morgan fingerprint density at radius 2 is 1.91 bits per heavy atom. The number of imidazole rings is 1. The van der Waals surface area contributed by atoms with Crippen LogP contribution in [0.25, 0.3) is 6.08 Å². The third-order valence-corrected chi connectivity index (χ3v) is 4.90. The Morgan fingerprint density at radius 1 is 1.21 bits per heavy atom. The molecular formula is C23H18ClF3N2O4. The summed E-state index contributed by atoms with van der Waals surface area (Å²) in [6, 6.07) is 10.6. The van der Waals surface area contributed by atoms with Gasteiger partial charge in [0.2, 0.25) is 5.78 Å². The van der Waals surface area contributed by atoms with E-state index in [1.54, 1.807) is 36.4 Å². The standard InChI is InChI=1S/C23H18ClF3N2O4/c1-14(22(31)32)33-18-6-2-4-15(12-18)5-3-11-29-19(24)13-28-21(29)20(30)16-7-9-17(10-8-16)23(25,26)27/h2-10,12-14H,11H2,1H3,(H,31,32)/b5-3+/t14-/m0/s1. The van der Waals surface area contributed by atoms with Crippen LogP contribution in [0.2, 0.25) is 5.15 Å². The number of aliphatic carboxylic acids is 1. The second kappa shape index (κ2) is 9.91. The normalized spacial score (nSPS) is 12.6. The number of hydrogen-bond donors (Lipinski definition) is 1. The summed E-state index contributed by atoms with van der Waals surface area (Å²) in [4.78, 5) is 27.7. The molecule has 3 aromatic rings. The first-order chi connectivity index (χ1) is 15.6. The number of aromatic nitrogens is 2. The number of carbonyl (C=O) groups is 2. The van der Waals surface area contributed by atoms with Crippen LogP contribution >= 0.6 is 11.6 Å². The molecule has 0 aliphatic rings. The zero-order valence-corrected chi connectivity index (χ0v) is 18.0. The molecule has 10 heteroatoms. The monoisotopic (exact) mass is 478 g/mol. The molecule has 1 N–H and O–H groups in total. The van der Waals surface area contributed by atoms with Crippen molar-refractivity contribution in [1.29, 1.82) is 0 Å². The molecule has 1 atom stereocenters. The number of allylic oxidation sites excluding steroid dienone is 1. The number of benzene rings is 2. The van der Waals surface area contributed by atoms with Gasteiger partial charge in [-0.1, -0.05) is 48.0 Å². The van der Waals surface area contributed by atoms with Crippen molar-refractivity contribution in [3.05, 3.63) is 88.5 Å². The summed E-state index contributed by atoms with van der Waals surface area (Å²) in [5.41, 5.74) is -0.0860. The van der Waals surface area contributed by atoms with E-state index in [-0.39, 0.29) is 23.1 Å². The van der Waals surface area contributed by atoms with Gasteiger partial charge >= 0.3 is 12.1 Å². The Labute approximate surface area is 191 Å². The zero-order chi connectivity index (χ0) is 24.2. The Kier molecular flexibility index (Phi) is 7.23. The molecule has 2 aromatic carbocycles. The van der Waals surface area contributed by atoms with Gasteiger partial charge < -0.3 is 14.4 Å². The lowest BCUT2D eigenvalue weighted by Crippen LogP contribution is -2.22. The average Bonchev–Trinajstić information content (AvgIpc) is 3.13. The van der Waals surface area contributed by atoms with Gasteiger partial charge in [-0.15, -0.1) is 0 Å². The predicted molar refractivity (Wildman–Crippen MR) is 115 cm³/mol. The van der Waals surface area contributed by atoms with Crippen molar-refractivity contribution >= 4 is 29.4 Å². The van der Waals surface area contributed by atoms with Gasteiger partial charge in [-0.2, -0.15) is 13.2 Å². The van der Waals surface area contributed by atoms with Gasteiger partial charge in [-0.25, -0.2) is 9.78 Å². The largest absolute Gasteiger partial charge is 0.479 e. The average molecular weight is 479 g/mol. The Balaban J connectivity index is 1.75. The van der Waals surface area contributed by atoms with Gasteiger partial charge in [0.1, 0.15) is 10.9 Å². The number of nitrogens with zero attached hydrogens (tertiary/aromatic N) is 2. The van der Waals surface area contributed by atoms with E-state index in [0.717, 1.165) is 29.8 Å². The van der Waals surface area contributed by atoms with Crippen molar-refractivity contribution in [2.24, 2.45) is 0 Å². The molecule has 0 fully saturated rings. The number of carbonyl (C=O) groups excluding carboxylic acids is 1. The second-order valence-electron chi connectivity index (χ2n) is 6.99. The molecule has 0 amide bonds. The van der Waals surface area contributed by atoms with Crippen LogP contribution in [0, 0.1) is 0 Å². The quantitative estimate of drug-likeness (QED) is 0.441. The third-order valence-electron chi connectivity index (χ3n) is 4.60. The van der Waals surface area contributed by atoms with Gasteiger partial charge in [0.05, 0.1) is 11.8 Å². The lowest BCUT2D eigenvalue weighted by molar-refractivity contribution is -0.144. The number of carboxylic acids is 1. The summed E-state index contributed by atoms with van der Waals surface area (Å²) in [6.45, 7) is 1.58. The molecule has 0 aliphatic carbocycles. The van der Waals surface area contributed by atoms with Crippen LogP contribution in [0.4, 0.5) is 13.2 Å². The van der Waals surface area contributed by atoms with E-state index in [2.05, 4.69) is 4.98 Å². The Hall–Kier alpha value is -3.59. The van der Waals surface area contributed by atoms with E-state index in [4.69, 9.17) is 21.4 Å². The number of ether oxygens (including phenoxy) is 1. The van der Waals surface area contributed by atoms with Crippen LogP contribution in [0.3, 0.4) is 0 Å². The van der Waals surface area contributed by atoms with Gasteiger partial charge in [-0.05, 0) is 36.8 Å². The van der Waals surface area contributed by atoms with Gasteiger partial charge in [0.15, 0.2) is 11.9 Å². The number of ketones is 1. The fraction of sp³-hybridized carbons (Fsp3) is 0.174. The summed E-state index contributed by atoms with van der Waals surface area (Å²) in [5.74, 6) is -1.29. The van der Waals surface area contributed by atoms with Crippen LogP contribution < -0.4 is 4.74 Å². The molecular weight excluding hydrogens is 461 g/mol. The van der Waals surface area contributed by atoms with Crippen molar-refractivity contribution in [2.45, 2.75) is 25.7 Å². The van der Waals surface area contributed by atoms with E-state index in [0.29, 0.717) is 5.75 Å². The molecule has 33 heavy (non-hydrogen) atoms. The second-order valence-corrected chi connectivity index (χ2v) is 7.38. The maximum absolute atomic E-state index is 12.8. The number of rotatable bonds is 8. The molecule has 0 aliphatic heterocycles. The number of hydrogen-bond acceptors (Lipinski definition) is 4. The molecule has 0 spiro atoms. The maximum Gasteiger partial charge on any atom is 0.416 e.